The van der Waals surface area contributed by atoms with E-state index in [0.29, 0.717) is 12.6 Å². The molecule has 3 heteroatoms. The average Bonchev–Trinajstić information content (AvgIpc) is 2.80. The summed E-state index contributed by atoms with van der Waals surface area (Å²) in [6.45, 7) is 2.63. The molecule has 0 radical (unpaired) electrons. The standard InChI is InChI=1S/C17H20N2O/c1-2-20-17-10-14(18)9-16(11-17)19-15-7-12-5-3-4-6-13(12)8-15/h3-6,9-11,15,19H,2,7-8,18H2,1H3. The van der Waals surface area contributed by atoms with Crippen LogP contribution in [0.4, 0.5) is 11.4 Å². The molecule has 0 bridgehead atoms. The maximum Gasteiger partial charge on any atom is 0.123 e. The lowest BCUT2D eigenvalue weighted by atomic mass is 10.1. The molecule has 0 atom stereocenters. The Morgan fingerprint density at radius 1 is 1.15 bits per heavy atom. The van der Waals surface area contributed by atoms with E-state index in [4.69, 9.17) is 10.5 Å². The fourth-order valence-corrected chi connectivity index (χ4v) is 2.85. The minimum atomic E-state index is 0.434. The SMILES string of the molecule is CCOc1cc(N)cc(NC2Cc3ccccc3C2)c1. The minimum absolute atomic E-state index is 0.434. The second-order valence-electron chi connectivity index (χ2n) is 5.24. The number of fused-ring (bicyclic) bond motifs is 1. The topological polar surface area (TPSA) is 47.3 Å². The third-order valence-corrected chi connectivity index (χ3v) is 3.66. The molecule has 3 N–H and O–H groups in total. The first-order valence-corrected chi connectivity index (χ1v) is 7.11. The molecule has 3 nitrogen and oxygen atoms in total. The van der Waals surface area contributed by atoms with Gasteiger partial charge in [-0.05, 0) is 37.0 Å². The lowest BCUT2D eigenvalue weighted by Gasteiger charge is -2.15. The predicted molar refractivity (Wildman–Crippen MR) is 83.3 cm³/mol. The van der Waals surface area contributed by atoms with Gasteiger partial charge in [0.2, 0.25) is 0 Å². The number of nitrogens with two attached hydrogens (primary N) is 1. The van der Waals surface area contributed by atoms with Crippen molar-refractivity contribution >= 4 is 11.4 Å². The molecule has 2 aromatic carbocycles. The summed E-state index contributed by atoms with van der Waals surface area (Å²) in [4.78, 5) is 0. The van der Waals surface area contributed by atoms with Gasteiger partial charge in [0.25, 0.3) is 0 Å². The first kappa shape index (κ1) is 12.9. The van der Waals surface area contributed by atoms with E-state index in [1.54, 1.807) is 0 Å². The van der Waals surface area contributed by atoms with E-state index in [1.165, 1.54) is 11.1 Å². The van der Waals surface area contributed by atoms with Crippen molar-refractivity contribution < 1.29 is 4.74 Å². The van der Waals surface area contributed by atoms with Crippen molar-refractivity contribution in [3.05, 3.63) is 53.6 Å². The Morgan fingerprint density at radius 3 is 2.50 bits per heavy atom. The Balaban J connectivity index is 1.73. The summed E-state index contributed by atoms with van der Waals surface area (Å²) in [5.74, 6) is 0.825. The molecule has 0 aliphatic heterocycles. The van der Waals surface area contributed by atoms with E-state index >= 15 is 0 Å². The number of rotatable bonds is 4. The first-order chi connectivity index (χ1) is 9.74. The van der Waals surface area contributed by atoms with Gasteiger partial charge in [-0.2, -0.15) is 0 Å². The molecule has 0 unspecified atom stereocenters. The van der Waals surface area contributed by atoms with Gasteiger partial charge in [-0.15, -0.1) is 0 Å². The van der Waals surface area contributed by atoms with Crippen LogP contribution in [0.25, 0.3) is 0 Å². The van der Waals surface area contributed by atoms with Gasteiger partial charge >= 0.3 is 0 Å². The van der Waals surface area contributed by atoms with Gasteiger partial charge in [-0.25, -0.2) is 0 Å². The molecule has 0 fully saturated rings. The Labute approximate surface area is 119 Å². The van der Waals surface area contributed by atoms with Crippen LogP contribution in [0, 0.1) is 0 Å². The van der Waals surface area contributed by atoms with Crippen LogP contribution in [-0.2, 0) is 12.8 Å². The zero-order valence-electron chi connectivity index (χ0n) is 11.7. The van der Waals surface area contributed by atoms with Crippen molar-refractivity contribution in [1.82, 2.24) is 0 Å². The molecule has 0 aromatic heterocycles. The second-order valence-corrected chi connectivity index (χ2v) is 5.24. The van der Waals surface area contributed by atoms with Gasteiger partial charge in [0, 0.05) is 29.5 Å². The molecule has 2 aromatic rings. The van der Waals surface area contributed by atoms with Gasteiger partial charge in [0.1, 0.15) is 5.75 Å². The van der Waals surface area contributed by atoms with Crippen molar-refractivity contribution in [3.63, 3.8) is 0 Å². The molecular formula is C17H20N2O. The number of ether oxygens (including phenoxy) is 1. The molecule has 0 saturated carbocycles. The molecule has 20 heavy (non-hydrogen) atoms. The predicted octanol–water partition coefficient (Wildman–Crippen LogP) is 3.25. The fraction of sp³-hybridized carbons (Fsp3) is 0.294. The Hall–Kier alpha value is -2.16. The number of hydrogen-bond acceptors (Lipinski definition) is 3. The maximum atomic E-state index is 5.93. The third-order valence-electron chi connectivity index (χ3n) is 3.66. The van der Waals surface area contributed by atoms with Gasteiger partial charge < -0.3 is 15.8 Å². The van der Waals surface area contributed by atoms with E-state index in [2.05, 4.69) is 29.6 Å². The summed E-state index contributed by atoms with van der Waals surface area (Å²) in [7, 11) is 0. The largest absolute Gasteiger partial charge is 0.494 e. The van der Waals surface area contributed by atoms with Crippen LogP contribution < -0.4 is 15.8 Å². The second kappa shape index (κ2) is 5.45. The molecule has 1 aliphatic rings. The summed E-state index contributed by atoms with van der Waals surface area (Å²) < 4.78 is 5.53. The van der Waals surface area contributed by atoms with E-state index in [0.717, 1.165) is 30.0 Å². The summed E-state index contributed by atoms with van der Waals surface area (Å²) in [5.41, 5.74) is 10.6. The highest BCUT2D eigenvalue weighted by Crippen LogP contribution is 2.27. The quantitative estimate of drug-likeness (QED) is 0.837. The van der Waals surface area contributed by atoms with Crippen LogP contribution in [0.15, 0.2) is 42.5 Å². The number of nitrogens with one attached hydrogen (secondary N) is 1. The summed E-state index contributed by atoms with van der Waals surface area (Å²) in [5, 5.41) is 3.57. The zero-order valence-corrected chi connectivity index (χ0v) is 11.7. The van der Waals surface area contributed by atoms with Gasteiger partial charge in [0.05, 0.1) is 6.61 Å². The Kier molecular flexibility index (Phi) is 3.50. The fourth-order valence-electron chi connectivity index (χ4n) is 2.85. The maximum absolute atomic E-state index is 5.93. The number of hydrogen-bond donors (Lipinski definition) is 2. The van der Waals surface area contributed by atoms with Gasteiger partial charge in [-0.3, -0.25) is 0 Å². The van der Waals surface area contributed by atoms with Crippen LogP contribution in [0.5, 0.6) is 5.75 Å². The van der Waals surface area contributed by atoms with Crippen LogP contribution in [0.1, 0.15) is 18.1 Å². The molecule has 0 heterocycles. The average molecular weight is 268 g/mol. The first-order valence-electron chi connectivity index (χ1n) is 7.11. The lowest BCUT2D eigenvalue weighted by molar-refractivity contribution is 0.340. The lowest BCUT2D eigenvalue weighted by Crippen LogP contribution is -2.19. The molecule has 104 valence electrons. The Bertz CT molecular complexity index is 585. The van der Waals surface area contributed by atoms with E-state index in [1.807, 2.05) is 25.1 Å². The van der Waals surface area contributed by atoms with Crippen LogP contribution in [0.2, 0.25) is 0 Å². The van der Waals surface area contributed by atoms with Crippen LogP contribution in [0.3, 0.4) is 0 Å². The molecule has 0 saturated heterocycles. The monoisotopic (exact) mass is 268 g/mol. The summed E-state index contributed by atoms with van der Waals surface area (Å²) in [6.07, 6.45) is 2.13. The normalized spacial score (nSPS) is 14.1. The molecule has 3 rings (SSSR count). The molecule has 0 spiro atoms. The van der Waals surface area contributed by atoms with Crippen molar-refractivity contribution in [2.24, 2.45) is 0 Å². The molecular weight excluding hydrogens is 248 g/mol. The van der Waals surface area contributed by atoms with Crippen molar-refractivity contribution in [2.75, 3.05) is 17.7 Å². The third kappa shape index (κ3) is 2.72. The Morgan fingerprint density at radius 2 is 1.85 bits per heavy atom. The van der Waals surface area contributed by atoms with Crippen LogP contribution >= 0.6 is 0 Å². The number of nitrogen functional groups attached to an aromatic ring is 1. The van der Waals surface area contributed by atoms with Gasteiger partial charge in [0.15, 0.2) is 0 Å². The van der Waals surface area contributed by atoms with Crippen molar-refractivity contribution in [3.8, 4) is 5.75 Å². The molecule has 0 amide bonds. The summed E-state index contributed by atoms with van der Waals surface area (Å²) in [6, 6.07) is 14.9. The number of anilines is 2. The highest BCUT2D eigenvalue weighted by molar-refractivity contribution is 5.60. The zero-order chi connectivity index (χ0) is 13.9. The van der Waals surface area contributed by atoms with Crippen LogP contribution in [-0.4, -0.2) is 12.6 Å². The van der Waals surface area contributed by atoms with Crippen molar-refractivity contribution in [1.29, 1.82) is 0 Å². The van der Waals surface area contributed by atoms with Gasteiger partial charge in [-0.1, -0.05) is 24.3 Å². The summed E-state index contributed by atoms with van der Waals surface area (Å²) >= 11 is 0. The highest BCUT2D eigenvalue weighted by atomic mass is 16.5. The number of benzene rings is 2. The highest BCUT2D eigenvalue weighted by Gasteiger charge is 2.20. The smallest absolute Gasteiger partial charge is 0.123 e. The van der Waals surface area contributed by atoms with E-state index in [9.17, 15) is 0 Å². The molecule has 1 aliphatic carbocycles. The van der Waals surface area contributed by atoms with Crippen molar-refractivity contribution in [2.45, 2.75) is 25.8 Å². The van der Waals surface area contributed by atoms with E-state index < -0.39 is 0 Å². The minimum Gasteiger partial charge on any atom is -0.494 e. The van der Waals surface area contributed by atoms with E-state index in [-0.39, 0.29) is 0 Å².